The molecule has 0 amide bonds. The molecule has 0 unspecified atom stereocenters. The molecule has 0 N–H and O–H groups in total. The van der Waals surface area contributed by atoms with Crippen molar-refractivity contribution in [3.05, 3.63) is 62.7 Å². The summed E-state index contributed by atoms with van der Waals surface area (Å²) in [5, 5.41) is 11.2. The topological polar surface area (TPSA) is 125 Å². The van der Waals surface area contributed by atoms with Gasteiger partial charge in [0.25, 0.3) is 5.69 Å². The number of carbonyl (C=O) groups is 1. The molecule has 1 aliphatic rings. The van der Waals surface area contributed by atoms with E-state index in [-0.39, 0.29) is 36.2 Å². The average molecular weight is 464 g/mol. The highest BCUT2D eigenvalue weighted by molar-refractivity contribution is 7.89. The minimum absolute atomic E-state index is 0.0176. The van der Waals surface area contributed by atoms with Crippen LogP contribution in [-0.4, -0.2) is 43.5 Å². The predicted octanol–water partition coefficient (Wildman–Crippen LogP) is 3.16. The van der Waals surface area contributed by atoms with E-state index in [4.69, 9.17) is 14.2 Å². The number of hydrogen-bond acceptors (Lipinski definition) is 8. The molecule has 11 heteroatoms. The molecule has 0 fully saturated rings. The van der Waals surface area contributed by atoms with Crippen molar-refractivity contribution >= 4 is 21.7 Å². The highest BCUT2D eigenvalue weighted by Gasteiger charge is 2.26. The second kappa shape index (κ2) is 9.63. The van der Waals surface area contributed by atoms with Gasteiger partial charge in [0.15, 0.2) is 6.79 Å². The van der Waals surface area contributed by atoms with Crippen LogP contribution in [0.2, 0.25) is 0 Å². The Morgan fingerprint density at radius 3 is 2.59 bits per heavy atom. The second-order valence-corrected chi connectivity index (χ2v) is 9.01. The van der Waals surface area contributed by atoms with Gasteiger partial charge >= 0.3 is 5.97 Å². The fraction of sp³-hybridized carbons (Fsp3) is 0.381. The highest BCUT2D eigenvalue weighted by Crippen LogP contribution is 2.33. The van der Waals surface area contributed by atoms with Crippen molar-refractivity contribution in [2.45, 2.75) is 38.9 Å². The maximum absolute atomic E-state index is 12.9. The number of rotatable bonds is 8. The molecule has 0 spiro atoms. The van der Waals surface area contributed by atoms with E-state index in [0.717, 1.165) is 0 Å². The lowest BCUT2D eigenvalue weighted by Crippen LogP contribution is -2.31. The Morgan fingerprint density at radius 1 is 1.22 bits per heavy atom. The highest BCUT2D eigenvalue weighted by atomic mass is 32.2. The third-order valence-corrected chi connectivity index (χ3v) is 7.28. The van der Waals surface area contributed by atoms with Crippen LogP contribution in [0, 0.1) is 17.0 Å². The van der Waals surface area contributed by atoms with Crippen molar-refractivity contribution in [3.63, 3.8) is 0 Å². The molecule has 0 saturated carbocycles. The number of carbonyl (C=O) groups excluding carboxylic acids is 1. The third-order valence-electron chi connectivity index (χ3n) is 5.09. The van der Waals surface area contributed by atoms with Crippen molar-refractivity contribution in [1.29, 1.82) is 0 Å². The van der Waals surface area contributed by atoms with Crippen LogP contribution in [0.3, 0.4) is 0 Å². The largest absolute Gasteiger partial charge is 0.467 e. The number of non-ortho nitro benzene ring substituents is 1. The molecule has 0 saturated heterocycles. The van der Waals surface area contributed by atoms with E-state index in [2.05, 4.69) is 0 Å². The number of nitro benzene ring substituents is 1. The Balaban J connectivity index is 1.86. The molecule has 3 rings (SSSR count). The molecule has 10 nitrogen and oxygen atoms in total. The van der Waals surface area contributed by atoms with E-state index in [9.17, 15) is 23.3 Å². The van der Waals surface area contributed by atoms with Crippen LogP contribution < -0.4 is 4.74 Å². The molecule has 1 aliphatic heterocycles. The summed E-state index contributed by atoms with van der Waals surface area (Å²) in [6.45, 7) is 5.57. The summed E-state index contributed by atoms with van der Waals surface area (Å²) in [4.78, 5) is 23.4. The number of nitrogens with zero attached hydrogens (tertiary/aromatic N) is 2. The first-order valence-electron chi connectivity index (χ1n) is 9.97. The van der Waals surface area contributed by atoms with Crippen molar-refractivity contribution in [2.24, 2.45) is 0 Å². The molecule has 2 aromatic rings. The number of nitro groups is 1. The first kappa shape index (κ1) is 23.6. The third kappa shape index (κ3) is 4.74. The second-order valence-electron chi connectivity index (χ2n) is 7.11. The first-order valence-corrected chi connectivity index (χ1v) is 11.4. The molecule has 0 bridgehead atoms. The lowest BCUT2D eigenvalue weighted by molar-refractivity contribution is -0.385. The Labute approximate surface area is 185 Å². The molecule has 172 valence electrons. The summed E-state index contributed by atoms with van der Waals surface area (Å²) < 4.78 is 43.1. The summed E-state index contributed by atoms with van der Waals surface area (Å²) >= 11 is 0. The number of esters is 1. The zero-order chi connectivity index (χ0) is 23.5. The molecular formula is C21H24N2O8S. The summed E-state index contributed by atoms with van der Waals surface area (Å²) in [5.74, 6) is -0.378. The number of fused-ring (bicyclic) bond motifs is 1. The number of aryl methyl sites for hydroxylation is 1. The van der Waals surface area contributed by atoms with Gasteiger partial charge in [0, 0.05) is 36.3 Å². The van der Waals surface area contributed by atoms with Gasteiger partial charge in [-0.25, -0.2) is 13.2 Å². The molecule has 0 aromatic heterocycles. The van der Waals surface area contributed by atoms with Crippen molar-refractivity contribution < 1.29 is 32.3 Å². The van der Waals surface area contributed by atoms with Gasteiger partial charge in [0.05, 0.1) is 22.0 Å². The molecule has 0 aliphatic carbocycles. The zero-order valence-electron chi connectivity index (χ0n) is 18.0. The van der Waals surface area contributed by atoms with E-state index < -0.39 is 20.9 Å². The molecular weight excluding hydrogens is 440 g/mol. The Kier molecular flexibility index (Phi) is 7.12. The number of ether oxygens (including phenoxy) is 3. The van der Waals surface area contributed by atoms with E-state index in [1.807, 2.05) is 0 Å². The normalized spacial score (nSPS) is 13.4. The van der Waals surface area contributed by atoms with Crippen molar-refractivity contribution in [2.75, 3.05) is 19.9 Å². The standard InChI is InChI=1S/C21H24N2O8S/c1-4-22(5-2)32(27,28)19-10-15(7-6-14(19)3)21(24)30-12-17-9-18(23(25)26)8-16-11-29-13-31-20(16)17/h6-10H,4-5,11-13H2,1-3H3. The van der Waals surface area contributed by atoms with Gasteiger partial charge in [-0.05, 0) is 24.6 Å². The Morgan fingerprint density at radius 2 is 1.94 bits per heavy atom. The number of benzene rings is 2. The van der Waals surface area contributed by atoms with Gasteiger partial charge in [-0.2, -0.15) is 4.31 Å². The monoisotopic (exact) mass is 464 g/mol. The van der Waals surface area contributed by atoms with Gasteiger partial charge < -0.3 is 14.2 Å². The summed E-state index contributed by atoms with van der Waals surface area (Å²) in [7, 11) is -3.77. The SMILES string of the molecule is CCN(CC)S(=O)(=O)c1cc(C(=O)OCc2cc([N+](=O)[O-])cc3c2OCOC3)ccc1C. The van der Waals surface area contributed by atoms with Crippen molar-refractivity contribution in [3.8, 4) is 5.75 Å². The summed E-state index contributed by atoms with van der Waals surface area (Å²) in [6, 6.07) is 6.94. The average Bonchev–Trinajstić information content (AvgIpc) is 2.77. The van der Waals surface area contributed by atoms with Crippen LogP contribution in [-0.2, 0) is 32.7 Å². The van der Waals surface area contributed by atoms with Gasteiger partial charge in [0.2, 0.25) is 10.0 Å². The lowest BCUT2D eigenvalue weighted by atomic mass is 10.1. The summed E-state index contributed by atoms with van der Waals surface area (Å²) in [5.41, 5.74) is 1.21. The van der Waals surface area contributed by atoms with Crippen LogP contribution in [0.15, 0.2) is 35.2 Å². The molecule has 0 radical (unpaired) electrons. The van der Waals surface area contributed by atoms with Gasteiger partial charge in [0.1, 0.15) is 12.4 Å². The van der Waals surface area contributed by atoms with E-state index in [1.54, 1.807) is 26.8 Å². The van der Waals surface area contributed by atoms with Gasteiger partial charge in [-0.1, -0.05) is 19.9 Å². The zero-order valence-corrected chi connectivity index (χ0v) is 18.8. The van der Waals surface area contributed by atoms with Crippen LogP contribution in [0.25, 0.3) is 0 Å². The van der Waals surface area contributed by atoms with Crippen molar-refractivity contribution in [1.82, 2.24) is 4.31 Å². The number of hydrogen-bond donors (Lipinski definition) is 0. The fourth-order valence-electron chi connectivity index (χ4n) is 3.43. The smallest absolute Gasteiger partial charge is 0.338 e. The fourth-order valence-corrected chi connectivity index (χ4v) is 5.14. The minimum Gasteiger partial charge on any atom is -0.467 e. The van der Waals surface area contributed by atoms with Crippen LogP contribution >= 0.6 is 0 Å². The Hall–Kier alpha value is -3.02. The summed E-state index contributed by atoms with van der Waals surface area (Å²) in [6.07, 6.45) is 0. The molecule has 32 heavy (non-hydrogen) atoms. The molecule has 2 aromatic carbocycles. The van der Waals surface area contributed by atoms with Crippen LogP contribution in [0.4, 0.5) is 5.69 Å². The minimum atomic E-state index is -3.77. The molecule has 1 heterocycles. The van der Waals surface area contributed by atoms with Crippen LogP contribution in [0.1, 0.15) is 40.9 Å². The number of sulfonamides is 1. The van der Waals surface area contributed by atoms with Gasteiger partial charge in [-0.3, -0.25) is 10.1 Å². The maximum Gasteiger partial charge on any atom is 0.338 e. The van der Waals surface area contributed by atoms with E-state index in [0.29, 0.717) is 35.5 Å². The predicted molar refractivity (Wildman–Crippen MR) is 114 cm³/mol. The van der Waals surface area contributed by atoms with Gasteiger partial charge in [-0.15, -0.1) is 0 Å². The van der Waals surface area contributed by atoms with E-state index >= 15 is 0 Å². The van der Waals surface area contributed by atoms with Crippen LogP contribution in [0.5, 0.6) is 5.75 Å². The molecule has 0 atom stereocenters. The van der Waals surface area contributed by atoms with E-state index in [1.165, 1.54) is 28.6 Å². The maximum atomic E-state index is 12.9. The first-order chi connectivity index (χ1) is 15.2. The quantitative estimate of drug-likeness (QED) is 0.331. The Bertz CT molecular complexity index is 1140. The lowest BCUT2D eigenvalue weighted by Gasteiger charge is -2.21.